The Labute approximate surface area is 118 Å². The van der Waals surface area contributed by atoms with Crippen LogP contribution in [-0.4, -0.2) is 0 Å². The third-order valence-electron chi connectivity index (χ3n) is 1.78. The van der Waals surface area contributed by atoms with Crippen molar-refractivity contribution in [1.82, 2.24) is 0 Å². The van der Waals surface area contributed by atoms with Gasteiger partial charge >= 0.3 is 91.7 Å². The molecule has 6 heteroatoms. The van der Waals surface area contributed by atoms with Crippen molar-refractivity contribution in [1.29, 1.82) is 0 Å². The van der Waals surface area contributed by atoms with Crippen molar-refractivity contribution in [3.8, 4) is 0 Å². The van der Waals surface area contributed by atoms with Gasteiger partial charge in [0.15, 0.2) is 0 Å². The first-order chi connectivity index (χ1) is 7.00. The number of hydrogen-bond acceptors (Lipinski definition) is 4. The zero-order valence-electron chi connectivity index (χ0n) is 9.47. The summed E-state index contributed by atoms with van der Waals surface area (Å²) >= 11 is 0.967. The summed E-state index contributed by atoms with van der Waals surface area (Å²) in [4.78, 5) is 25.6. The van der Waals surface area contributed by atoms with Gasteiger partial charge in [0.25, 0.3) is 0 Å². The molecule has 0 saturated heterocycles. The summed E-state index contributed by atoms with van der Waals surface area (Å²) in [5, 5.41) is 0. The van der Waals surface area contributed by atoms with Crippen LogP contribution in [-0.2, 0) is 9.98 Å². The quantitative estimate of drug-likeness (QED) is 0.570. The van der Waals surface area contributed by atoms with E-state index < -0.39 is 7.82 Å². The van der Waals surface area contributed by atoms with E-state index in [1.165, 1.54) is 7.53 Å². The van der Waals surface area contributed by atoms with Crippen LogP contribution in [0.5, 0.6) is 0 Å². The second-order valence-corrected chi connectivity index (χ2v) is 7.31. The molecule has 0 N–H and O–H groups in total. The van der Waals surface area contributed by atoms with Crippen LogP contribution in [0.15, 0.2) is 24.3 Å². The van der Waals surface area contributed by atoms with Crippen LogP contribution in [0, 0.1) is 33.7 Å². The second kappa shape index (κ2) is 6.46. The molecule has 0 aliphatic rings. The largest absolute Gasteiger partial charge is 0.822 e. The van der Waals surface area contributed by atoms with E-state index in [1.54, 1.807) is 0 Å². The average Bonchev–Trinajstić information content (AvgIpc) is 1.99. The molecule has 0 spiro atoms. The number of benzene rings is 1. The SMILES string of the molecule is CC(C)(C)c1cc[c]([La+3])cc1.O=P([O-])([O-])[O-]. The summed E-state index contributed by atoms with van der Waals surface area (Å²) in [6.07, 6.45) is 0. The first kappa shape index (κ1) is 16.5. The fourth-order valence-electron chi connectivity index (χ4n) is 0.983. The Hall–Kier alpha value is 0.525. The molecule has 0 fully saturated rings. The zero-order valence-corrected chi connectivity index (χ0v) is 14.0. The Morgan fingerprint density at radius 1 is 1.06 bits per heavy atom. The molecule has 0 unspecified atom stereocenters. The van der Waals surface area contributed by atoms with Gasteiger partial charge in [0.2, 0.25) is 0 Å². The Morgan fingerprint density at radius 2 is 1.38 bits per heavy atom. The topological polar surface area (TPSA) is 86.2 Å². The summed E-state index contributed by atoms with van der Waals surface area (Å²) in [5.41, 5.74) is 1.74. The standard InChI is InChI=1S/C10H13.La.H3O4P/c1-10(2,3)9-7-5-4-6-8-9;;1-5(2,3)4/h5-8H,1-3H3;;(H3,1,2,3,4)/q;+3;/p-3. The molecule has 0 radical (unpaired) electrons. The van der Waals surface area contributed by atoms with Crippen molar-refractivity contribution >= 4 is 9.79 Å². The van der Waals surface area contributed by atoms with Crippen LogP contribution in [0.3, 0.4) is 0 Å². The molecule has 0 bridgehead atoms. The number of hydrogen-bond donors (Lipinski definition) is 0. The maximum Gasteiger partial charge on any atom is -0.159 e. The van der Waals surface area contributed by atoms with Gasteiger partial charge in [-0.3, -0.25) is 0 Å². The summed E-state index contributed by atoms with van der Waals surface area (Å²) in [5.74, 6) is 0. The summed E-state index contributed by atoms with van der Waals surface area (Å²) in [6.45, 7) is 6.74. The van der Waals surface area contributed by atoms with Crippen LogP contribution >= 0.6 is 7.82 Å². The minimum atomic E-state index is -5.39. The van der Waals surface area contributed by atoms with Crippen molar-refractivity contribution in [2.24, 2.45) is 0 Å². The molecule has 1 rings (SSSR count). The van der Waals surface area contributed by atoms with Gasteiger partial charge in [-0.25, -0.2) is 0 Å². The Balaban J connectivity index is 0.000000385. The zero-order chi connectivity index (χ0) is 13.0. The molecule has 1 aromatic rings. The van der Waals surface area contributed by atoms with Crippen LogP contribution in [0.25, 0.3) is 0 Å². The Morgan fingerprint density at radius 3 is 1.62 bits per heavy atom. The summed E-state index contributed by atoms with van der Waals surface area (Å²) in [7, 11) is -5.39. The predicted molar refractivity (Wildman–Crippen MR) is 52.4 cm³/mol. The second-order valence-electron chi connectivity index (χ2n) is 4.32. The van der Waals surface area contributed by atoms with E-state index in [9.17, 15) is 0 Å². The minimum Gasteiger partial charge on any atom is -0.822 e. The van der Waals surface area contributed by atoms with Crippen molar-refractivity contribution in [2.45, 2.75) is 26.2 Å². The maximum absolute atomic E-state index is 8.55. The van der Waals surface area contributed by atoms with Crippen LogP contribution in [0.4, 0.5) is 0 Å². The van der Waals surface area contributed by atoms with Gasteiger partial charge in [-0.05, 0) is 0 Å². The Kier molecular flexibility index (Phi) is 6.67. The molecule has 0 amide bonds. The van der Waals surface area contributed by atoms with Crippen molar-refractivity contribution in [3.05, 3.63) is 29.8 Å². The molecule has 0 saturated carbocycles. The minimum absolute atomic E-state index is 0.304. The van der Waals surface area contributed by atoms with Crippen molar-refractivity contribution in [2.75, 3.05) is 0 Å². The molecule has 0 aliphatic carbocycles. The van der Waals surface area contributed by atoms with E-state index in [0.717, 1.165) is 33.7 Å². The molecule has 0 aliphatic heterocycles. The first-order valence-corrected chi connectivity index (χ1v) is 7.86. The third-order valence-corrected chi connectivity index (χ3v) is 2.99. The van der Waals surface area contributed by atoms with E-state index in [2.05, 4.69) is 45.0 Å². The molecule has 16 heavy (non-hydrogen) atoms. The van der Waals surface area contributed by atoms with Crippen LogP contribution < -0.4 is 16.6 Å². The molecule has 4 nitrogen and oxygen atoms in total. The van der Waals surface area contributed by atoms with Gasteiger partial charge in [-0.1, -0.05) is 0 Å². The van der Waals surface area contributed by atoms with Gasteiger partial charge < -0.3 is 19.2 Å². The summed E-state index contributed by atoms with van der Waals surface area (Å²) < 4.78 is 10.0. The molecular formula is C10H13LaO4P. The van der Waals surface area contributed by atoms with E-state index in [0.29, 0.717) is 5.41 Å². The van der Waals surface area contributed by atoms with Gasteiger partial charge in [0, 0.05) is 0 Å². The first-order valence-electron chi connectivity index (χ1n) is 4.59. The fraction of sp³-hybridized carbons (Fsp3) is 0.400. The molecule has 0 heterocycles. The smallest absolute Gasteiger partial charge is 0.159 e. The van der Waals surface area contributed by atoms with Gasteiger partial charge in [0.05, 0.1) is 0 Å². The van der Waals surface area contributed by atoms with Crippen molar-refractivity contribution in [3.63, 3.8) is 0 Å². The predicted octanol–water partition coefficient (Wildman–Crippen LogP) is -0.666. The molecule has 0 atom stereocenters. The normalized spacial score (nSPS) is 11.8. The van der Waals surface area contributed by atoms with E-state index in [1.807, 2.05) is 0 Å². The summed E-state index contributed by atoms with van der Waals surface area (Å²) in [6, 6.07) is 8.97. The van der Waals surface area contributed by atoms with E-state index in [-0.39, 0.29) is 0 Å². The molecule has 1 aromatic carbocycles. The molecule has 85 valence electrons. The number of phosphoric acid groups is 1. The maximum atomic E-state index is 8.55. The average molecular weight is 367 g/mol. The molecular weight excluding hydrogens is 354 g/mol. The monoisotopic (exact) mass is 367 g/mol. The van der Waals surface area contributed by atoms with Gasteiger partial charge in [-0.15, -0.1) is 0 Å². The van der Waals surface area contributed by atoms with Crippen LogP contribution in [0.2, 0.25) is 0 Å². The third kappa shape index (κ3) is 9.73. The van der Waals surface area contributed by atoms with Gasteiger partial charge in [0.1, 0.15) is 0 Å². The van der Waals surface area contributed by atoms with Crippen molar-refractivity contribution < 1.29 is 53.0 Å². The number of rotatable bonds is 0. The Bertz CT molecular complexity index is 355. The molecule has 0 aromatic heterocycles. The van der Waals surface area contributed by atoms with E-state index >= 15 is 0 Å². The fourth-order valence-corrected chi connectivity index (χ4v) is 1.59. The van der Waals surface area contributed by atoms with Crippen LogP contribution in [0.1, 0.15) is 26.3 Å². The van der Waals surface area contributed by atoms with E-state index in [4.69, 9.17) is 19.2 Å². The van der Waals surface area contributed by atoms with Gasteiger partial charge in [-0.2, -0.15) is 7.82 Å².